The summed E-state index contributed by atoms with van der Waals surface area (Å²) in [6.07, 6.45) is 13.2. The maximum Gasteiger partial charge on any atom is 0.223 e. The lowest BCUT2D eigenvalue weighted by Crippen LogP contribution is -2.43. The van der Waals surface area contributed by atoms with Gasteiger partial charge in [0.25, 0.3) is 0 Å². The molecule has 5 nitrogen and oxygen atoms in total. The molecule has 156 valence electrons. The zero-order valence-corrected chi connectivity index (χ0v) is 17.5. The summed E-state index contributed by atoms with van der Waals surface area (Å²) in [5.41, 5.74) is 0. The van der Waals surface area contributed by atoms with Crippen LogP contribution in [-0.2, 0) is 9.59 Å². The van der Waals surface area contributed by atoms with Gasteiger partial charge in [-0.1, -0.05) is 19.3 Å². The van der Waals surface area contributed by atoms with Gasteiger partial charge >= 0.3 is 0 Å². The molecule has 2 amide bonds. The van der Waals surface area contributed by atoms with Gasteiger partial charge in [0.2, 0.25) is 11.8 Å². The molecule has 1 unspecified atom stereocenters. The van der Waals surface area contributed by atoms with Crippen LogP contribution >= 0.6 is 12.4 Å². The van der Waals surface area contributed by atoms with Gasteiger partial charge in [-0.05, 0) is 76.3 Å². The Morgan fingerprint density at radius 1 is 0.852 bits per heavy atom. The Kier molecular flexibility index (Phi) is 9.91. The van der Waals surface area contributed by atoms with E-state index >= 15 is 0 Å². The first kappa shape index (κ1) is 22.5. The molecule has 0 bridgehead atoms. The first-order valence-corrected chi connectivity index (χ1v) is 11.0. The van der Waals surface area contributed by atoms with Gasteiger partial charge in [-0.25, -0.2) is 0 Å². The molecule has 0 aromatic rings. The third-order valence-electron chi connectivity index (χ3n) is 6.63. The molecule has 3 aliphatic rings. The highest BCUT2D eigenvalue weighted by Crippen LogP contribution is 2.27. The van der Waals surface area contributed by atoms with Crippen molar-refractivity contribution in [1.29, 1.82) is 0 Å². The summed E-state index contributed by atoms with van der Waals surface area (Å²) in [6, 6.07) is 0.276. The Balaban J connectivity index is 0.00000261. The molecule has 0 spiro atoms. The van der Waals surface area contributed by atoms with E-state index in [-0.39, 0.29) is 36.2 Å². The van der Waals surface area contributed by atoms with Crippen molar-refractivity contribution >= 4 is 24.2 Å². The van der Waals surface area contributed by atoms with Crippen LogP contribution in [0.2, 0.25) is 0 Å². The molecule has 0 aromatic heterocycles. The highest BCUT2D eigenvalue weighted by Gasteiger charge is 2.28. The van der Waals surface area contributed by atoms with Crippen LogP contribution in [0.15, 0.2) is 0 Å². The van der Waals surface area contributed by atoms with Crippen LogP contribution in [0.1, 0.15) is 77.0 Å². The number of carbonyl (C=O) groups excluding carboxylic acids is 2. The minimum absolute atomic E-state index is 0. The average molecular weight is 400 g/mol. The van der Waals surface area contributed by atoms with E-state index in [0.29, 0.717) is 18.3 Å². The van der Waals surface area contributed by atoms with Crippen molar-refractivity contribution in [2.45, 2.75) is 83.1 Å². The van der Waals surface area contributed by atoms with E-state index in [1.165, 1.54) is 44.9 Å². The SMILES string of the molecule is Cl.O=C(CC1CCCCC1)NC1CCC(C(=O)NCC2CCCNC2)CC1. The van der Waals surface area contributed by atoms with Gasteiger partial charge in [0.05, 0.1) is 0 Å². The number of nitrogens with one attached hydrogen (secondary N) is 3. The molecule has 2 aliphatic carbocycles. The van der Waals surface area contributed by atoms with Crippen LogP contribution in [0.4, 0.5) is 0 Å². The van der Waals surface area contributed by atoms with Crippen molar-refractivity contribution in [1.82, 2.24) is 16.0 Å². The zero-order chi connectivity index (χ0) is 18.2. The fourth-order valence-corrected chi connectivity index (χ4v) is 4.93. The first-order valence-electron chi connectivity index (χ1n) is 11.0. The molecule has 1 heterocycles. The van der Waals surface area contributed by atoms with E-state index in [1.54, 1.807) is 0 Å². The Labute approximate surface area is 170 Å². The smallest absolute Gasteiger partial charge is 0.223 e. The van der Waals surface area contributed by atoms with Crippen LogP contribution in [0.3, 0.4) is 0 Å². The van der Waals surface area contributed by atoms with Crippen LogP contribution in [-0.4, -0.2) is 37.5 Å². The van der Waals surface area contributed by atoms with Crippen LogP contribution < -0.4 is 16.0 Å². The van der Waals surface area contributed by atoms with Crippen molar-refractivity contribution in [2.75, 3.05) is 19.6 Å². The number of rotatable bonds is 6. The number of halogens is 1. The van der Waals surface area contributed by atoms with Gasteiger partial charge in [-0.15, -0.1) is 12.4 Å². The molecule has 1 atom stereocenters. The van der Waals surface area contributed by atoms with E-state index in [4.69, 9.17) is 0 Å². The molecule has 0 aromatic carbocycles. The second-order valence-corrected chi connectivity index (χ2v) is 8.78. The van der Waals surface area contributed by atoms with Crippen molar-refractivity contribution in [2.24, 2.45) is 17.8 Å². The third kappa shape index (κ3) is 7.61. The van der Waals surface area contributed by atoms with Crippen LogP contribution in [0, 0.1) is 17.8 Å². The number of carbonyl (C=O) groups is 2. The van der Waals surface area contributed by atoms with Crippen LogP contribution in [0.25, 0.3) is 0 Å². The Morgan fingerprint density at radius 3 is 2.22 bits per heavy atom. The monoisotopic (exact) mass is 399 g/mol. The van der Waals surface area contributed by atoms with Crippen molar-refractivity contribution < 1.29 is 9.59 Å². The summed E-state index contributed by atoms with van der Waals surface area (Å²) in [6.45, 7) is 2.95. The summed E-state index contributed by atoms with van der Waals surface area (Å²) in [4.78, 5) is 24.7. The second kappa shape index (κ2) is 11.9. The molecule has 0 radical (unpaired) electrons. The molecule has 2 saturated carbocycles. The Bertz CT molecular complexity index is 454. The average Bonchev–Trinajstić information content (AvgIpc) is 2.68. The summed E-state index contributed by atoms with van der Waals surface area (Å²) in [7, 11) is 0. The highest BCUT2D eigenvalue weighted by atomic mass is 35.5. The largest absolute Gasteiger partial charge is 0.356 e. The molecule has 1 saturated heterocycles. The Hall–Kier alpha value is -0.810. The number of amides is 2. The minimum Gasteiger partial charge on any atom is -0.356 e. The van der Waals surface area contributed by atoms with Crippen molar-refractivity contribution in [3.8, 4) is 0 Å². The van der Waals surface area contributed by atoms with Crippen molar-refractivity contribution in [3.63, 3.8) is 0 Å². The molecule has 3 fully saturated rings. The van der Waals surface area contributed by atoms with Crippen molar-refractivity contribution in [3.05, 3.63) is 0 Å². The molecule has 6 heteroatoms. The first-order chi connectivity index (χ1) is 12.7. The lowest BCUT2D eigenvalue weighted by molar-refractivity contribution is -0.126. The van der Waals surface area contributed by atoms with E-state index in [0.717, 1.165) is 45.3 Å². The summed E-state index contributed by atoms with van der Waals surface area (Å²) < 4.78 is 0. The molecule has 1 aliphatic heterocycles. The van der Waals surface area contributed by atoms with E-state index in [2.05, 4.69) is 16.0 Å². The maximum atomic E-state index is 12.4. The lowest BCUT2D eigenvalue weighted by atomic mass is 9.84. The molecule has 27 heavy (non-hydrogen) atoms. The van der Waals surface area contributed by atoms with Gasteiger partial charge in [-0.3, -0.25) is 9.59 Å². The highest BCUT2D eigenvalue weighted by molar-refractivity contribution is 5.85. The van der Waals surface area contributed by atoms with E-state index < -0.39 is 0 Å². The van der Waals surface area contributed by atoms with Crippen LogP contribution in [0.5, 0.6) is 0 Å². The van der Waals surface area contributed by atoms with Gasteiger partial charge in [0.15, 0.2) is 0 Å². The summed E-state index contributed by atoms with van der Waals surface area (Å²) in [5, 5.41) is 9.80. The molecular weight excluding hydrogens is 362 g/mol. The predicted octanol–water partition coefficient (Wildman–Crippen LogP) is 3.17. The van der Waals surface area contributed by atoms with E-state index in [1.807, 2.05) is 0 Å². The second-order valence-electron chi connectivity index (χ2n) is 8.78. The normalized spacial score (nSPS) is 29.4. The van der Waals surface area contributed by atoms with E-state index in [9.17, 15) is 9.59 Å². The Morgan fingerprint density at radius 2 is 1.56 bits per heavy atom. The molecular formula is C21H38ClN3O2. The minimum atomic E-state index is 0. The summed E-state index contributed by atoms with van der Waals surface area (Å²) in [5.74, 6) is 1.78. The quantitative estimate of drug-likeness (QED) is 0.642. The number of hydrogen-bond donors (Lipinski definition) is 3. The lowest BCUT2D eigenvalue weighted by Gasteiger charge is -2.30. The maximum absolute atomic E-state index is 12.4. The standard InChI is InChI=1S/C21H37N3O2.ClH/c25-20(13-16-5-2-1-3-6-16)24-19-10-8-18(9-11-19)21(26)23-15-17-7-4-12-22-14-17;/h16-19,22H,1-15H2,(H,23,26)(H,24,25);1H. The van der Waals surface area contributed by atoms with Gasteiger partial charge in [-0.2, -0.15) is 0 Å². The topological polar surface area (TPSA) is 70.2 Å². The predicted molar refractivity (Wildman–Crippen MR) is 111 cm³/mol. The molecule has 3 rings (SSSR count). The molecule has 3 N–H and O–H groups in total. The number of piperidine rings is 1. The van der Waals surface area contributed by atoms with Gasteiger partial charge in [0.1, 0.15) is 0 Å². The summed E-state index contributed by atoms with van der Waals surface area (Å²) >= 11 is 0. The fourth-order valence-electron chi connectivity index (χ4n) is 4.93. The third-order valence-corrected chi connectivity index (χ3v) is 6.63. The fraction of sp³-hybridized carbons (Fsp3) is 0.905. The van der Waals surface area contributed by atoms with Gasteiger partial charge < -0.3 is 16.0 Å². The van der Waals surface area contributed by atoms with Gasteiger partial charge in [0, 0.05) is 24.9 Å². The zero-order valence-electron chi connectivity index (χ0n) is 16.6. The number of hydrogen-bond acceptors (Lipinski definition) is 3.